The van der Waals surface area contributed by atoms with Crippen LogP contribution in [0.25, 0.3) is 11.1 Å². The number of aromatic carboxylic acids is 1. The maximum absolute atomic E-state index is 11.3. The van der Waals surface area contributed by atoms with Crippen LogP contribution in [-0.2, 0) is 6.54 Å². The Morgan fingerprint density at radius 1 is 1.33 bits per heavy atom. The molecule has 0 aliphatic heterocycles. The molecule has 1 N–H and O–H groups in total. The molecule has 18 heavy (non-hydrogen) atoms. The molecule has 1 aromatic heterocycles. The van der Waals surface area contributed by atoms with Crippen LogP contribution < -0.4 is 0 Å². The zero-order chi connectivity index (χ0) is 13.3. The van der Waals surface area contributed by atoms with Crippen molar-refractivity contribution in [3.05, 3.63) is 41.2 Å². The van der Waals surface area contributed by atoms with Gasteiger partial charge in [0.15, 0.2) is 0 Å². The molecule has 0 unspecified atom stereocenters. The average Bonchev–Trinajstić information content (AvgIpc) is 2.70. The Morgan fingerprint density at radius 2 is 2.06 bits per heavy atom. The molecule has 0 aliphatic rings. The molecule has 2 aromatic rings. The second-order valence-electron chi connectivity index (χ2n) is 4.34. The molecule has 1 aromatic carbocycles. The SMILES string of the molecule is CCn1cc(-c2cc(C)ccc2C(=O)O)c(C)n1. The summed E-state index contributed by atoms with van der Waals surface area (Å²) in [5.74, 6) is -0.909. The Morgan fingerprint density at radius 3 is 2.61 bits per heavy atom. The van der Waals surface area contributed by atoms with Gasteiger partial charge in [0.05, 0.1) is 11.3 Å². The molecule has 94 valence electrons. The smallest absolute Gasteiger partial charge is 0.336 e. The van der Waals surface area contributed by atoms with Gasteiger partial charge in [-0.3, -0.25) is 4.68 Å². The van der Waals surface area contributed by atoms with E-state index in [1.165, 1.54) is 0 Å². The fourth-order valence-electron chi connectivity index (χ4n) is 2.01. The molecule has 0 aliphatic carbocycles. The molecule has 0 bridgehead atoms. The highest BCUT2D eigenvalue weighted by Gasteiger charge is 2.15. The van der Waals surface area contributed by atoms with E-state index in [0.717, 1.165) is 28.9 Å². The minimum Gasteiger partial charge on any atom is -0.478 e. The first-order valence-corrected chi connectivity index (χ1v) is 5.91. The molecular formula is C14H16N2O2. The second-order valence-corrected chi connectivity index (χ2v) is 4.34. The zero-order valence-electron chi connectivity index (χ0n) is 10.8. The van der Waals surface area contributed by atoms with Crippen LogP contribution in [0.2, 0.25) is 0 Å². The number of carboxylic acid groups (broad SMARTS) is 1. The van der Waals surface area contributed by atoms with Crippen LogP contribution in [0, 0.1) is 13.8 Å². The Bertz CT molecular complexity index is 600. The molecule has 1 heterocycles. The predicted octanol–water partition coefficient (Wildman–Crippen LogP) is 2.89. The lowest BCUT2D eigenvalue weighted by atomic mass is 9.98. The highest BCUT2D eigenvalue weighted by atomic mass is 16.4. The Hall–Kier alpha value is -2.10. The number of carboxylic acids is 1. The maximum Gasteiger partial charge on any atom is 0.336 e. The number of hydrogen-bond acceptors (Lipinski definition) is 2. The highest BCUT2D eigenvalue weighted by molar-refractivity contribution is 5.96. The lowest BCUT2D eigenvalue weighted by Crippen LogP contribution is -2.00. The van der Waals surface area contributed by atoms with Gasteiger partial charge in [-0.25, -0.2) is 4.79 Å². The van der Waals surface area contributed by atoms with Crippen molar-refractivity contribution in [1.29, 1.82) is 0 Å². The van der Waals surface area contributed by atoms with E-state index < -0.39 is 5.97 Å². The third-order valence-electron chi connectivity index (χ3n) is 2.97. The quantitative estimate of drug-likeness (QED) is 0.903. The van der Waals surface area contributed by atoms with Gasteiger partial charge >= 0.3 is 5.97 Å². The molecule has 0 radical (unpaired) electrons. The first kappa shape index (κ1) is 12.4. The minimum atomic E-state index is -0.909. The standard InChI is InChI=1S/C14H16N2O2/c1-4-16-8-13(10(3)15-16)12-7-9(2)5-6-11(12)14(17)18/h5-8H,4H2,1-3H3,(H,17,18). The van der Waals surface area contributed by atoms with Crippen molar-refractivity contribution in [2.24, 2.45) is 0 Å². The van der Waals surface area contributed by atoms with Gasteiger partial charge in [-0.05, 0) is 32.4 Å². The van der Waals surface area contributed by atoms with Crippen molar-refractivity contribution in [2.45, 2.75) is 27.3 Å². The van der Waals surface area contributed by atoms with Gasteiger partial charge in [0.1, 0.15) is 0 Å². The van der Waals surface area contributed by atoms with Crippen LogP contribution >= 0.6 is 0 Å². The molecule has 2 rings (SSSR count). The van der Waals surface area contributed by atoms with E-state index in [1.807, 2.05) is 43.8 Å². The largest absolute Gasteiger partial charge is 0.478 e. The maximum atomic E-state index is 11.3. The molecule has 0 spiro atoms. The van der Waals surface area contributed by atoms with Crippen LogP contribution in [-0.4, -0.2) is 20.9 Å². The lowest BCUT2D eigenvalue weighted by molar-refractivity contribution is 0.0698. The number of carbonyl (C=O) groups is 1. The van der Waals surface area contributed by atoms with Gasteiger partial charge in [0.2, 0.25) is 0 Å². The number of benzene rings is 1. The van der Waals surface area contributed by atoms with Gasteiger partial charge in [-0.1, -0.05) is 17.7 Å². The fourth-order valence-corrected chi connectivity index (χ4v) is 2.01. The number of aryl methyl sites for hydroxylation is 3. The van der Waals surface area contributed by atoms with Crippen molar-refractivity contribution >= 4 is 5.97 Å². The summed E-state index contributed by atoms with van der Waals surface area (Å²) < 4.78 is 1.82. The first-order valence-electron chi connectivity index (χ1n) is 5.91. The average molecular weight is 244 g/mol. The van der Waals surface area contributed by atoms with Crippen LogP contribution in [0.4, 0.5) is 0 Å². The van der Waals surface area contributed by atoms with E-state index in [1.54, 1.807) is 6.07 Å². The summed E-state index contributed by atoms with van der Waals surface area (Å²) in [6.45, 7) is 6.63. The summed E-state index contributed by atoms with van der Waals surface area (Å²) in [5.41, 5.74) is 3.83. The van der Waals surface area contributed by atoms with Crippen LogP contribution in [0.5, 0.6) is 0 Å². The van der Waals surface area contributed by atoms with E-state index >= 15 is 0 Å². The van der Waals surface area contributed by atoms with Crippen LogP contribution in [0.15, 0.2) is 24.4 Å². The summed E-state index contributed by atoms with van der Waals surface area (Å²) in [7, 11) is 0. The molecule has 0 amide bonds. The number of nitrogens with zero attached hydrogens (tertiary/aromatic N) is 2. The summed E-state index contributed by atoms with van der Waals surface area (Å²) in [5, 5.41) is 13.6. The van der Waals surface area contributed by atoms with Crippen molar-refractivity contribution in [2.75, 3.05) is 0 Å². The van der Waals surface area contributed by atoms with Gasteiger partial charge < -0.3 is 5.11 Å². The van der Waals surface area contributed by atoms with E-state index in [-0.39, 0.29) is 0 Å². The number of rotatable bonds is 3. The minimum absolute atomic E-state index is 0.319. The van der Waals surface area contributed by atoms with E-state index in [4.69, 9.17) is 0 Å². The van der Waals surface area contributed by atoms with Crippen molar-refractivity contribution in [1.82, 2.24) is 9.78 Å². The second kappa shape index (κ2) is 4.64. The third-order valence-corrected chi connectivity index (χ3v) is 2.97. The number of hydrogen-bond donors (Lipinski definition) is 1. The van der Waals surface area contributed by atoms with Gasteiger partial charge in [0.25, 0.3) is 0 Å². The van der Waals surface area contributed by atoms with Gasteiger partial charge in [0, 0.05) is 18.3 Å². The highest BCUT2D eigenvalue weighted by Crippen LogP contribution is 2.27. The van der Waals surface area contributed by atoms with Crippen molar-refractivity contribution in [3.8, 4) is 11.1 Å². The Labute approximate surface area is 106 Å². The summed E-state index contributed by atoms with van der Waals surface area (Å²) in [4.78, 5) is 11.3. The van der Waals surface area contributed by atoms with Gasteiger partial charge in [-0.15, -0.1) is 0 Å². The predicted molar refractivity (Wildman–Crippen MR) is 69.8 cm³/mol. The van der Waals surface area contributed by atoms with E-state index in [9.17, 15) is 9.90 Å². The molecule has 4 heteroatoms. The Balaban J connectivity index is 2.64. The van der Waals surface area contributed by atoms with Crippen molar-refractivity contribution in [3.63, 3.8) is 0 Å². The third kappa shape index (κ3) is 2.14. The van der Waals surface area contributed by atoms with Crippen LogP contribution in [0.3, 0.4) is 0 Å². The lowest BCUT2D eigenvalue weighted by Gasteiger charge is -2.06. The monoisotopic (exact) mass is 244 g/mol. The molecule has 0 fully saturated rings. The van der Waals surface area contributed by atoms with Crippen molar-refractivity contribution < 1.29 is 9.90 Å². The van der Waals surface area contributed by atoms with E-state index in [0.29, 0.717) is 5.56 Å². The van der Waals surface area contributed by atoms with Gasteiger partial charge in [-0.2, -0.15) is 5.10 Å². The van der Waals surface area contributed by atoms with Crippen LogP contribution in [0.1, 0.15) is 28.5 Å². The molecule has 0 saturated carbocycles. The topological polar surface area (TPSA) is 55.1 Å². The molecule has 0 saturated heterocycles. The summed E-state index contributed by atoms with van der Waals surface area (Å²) in [6.07, 6.45) is 1.90. The normalized spacial score (nSPS) is 10.6. The molecular weight excluding hydrogens is 228 g/mol. The first-order chi connectivity index (χ1) is 8.52. The molecule has 4 nitrogen and oxygen atoms in total. The zero-order valence-corrected chi connectivity index (χ0v) is 10.8. The summed E-state index contributed by atoms with van der Waals surface area (Å²) in [6, 6.07) is 5.36. The number of aromatic nitrogens is 2. The fraction of sp³-hybridized carbons (Fsp3) is 0.286. The summed E-state index contributed by atoms with van der Waals surface area (Å²) >= 11 is 0. The van der Waals surface area contributed by atoms with E-state index in [2.05, 4.69) is 5.10 Å². The Kier molecular flexibility index (Phi) is 3.19. The molecule has 0 atom stereocenters.